The molecule has 0 amide bonds. The molecule has 1 aromatic heterocycles. The van der Waals surface area contributed by atoms with Gasteiger partial charge in [0.2, 0.25) is 0 Å². The molecule has 5 heteroatoms. The SMILES string of the molecule is CN(C)C(=S)N(C)c1ccncn1. The molecule has 0 aliphatic rings. The first-order valence-corrected chi connectivity index (χ1v) is 4.25. The van der Waals surface area contributed by atoms with Crippen LogP contribution < -0.4 is 4.90 Å². The number of hydrogen-bond acceptors (Lipinski definition) is 3. The van der Waals surface area contributed by atoms with Gasteiger partial charge in [-0.15, -0.1) is 0 Å². The van der Waals surface area contributed by atoms with Crippen molar-refractivity contribution in [3.05, 3.63) is 18.6 Å². The van der Waals surface area contributed by atoms with Gasteiger partial charge in [0.15, 0.2) is 5.11 Å². The molecule has 0 N–H and O–H groups in total. The van der Waals surface area contributed by atoms with Gasteiger partial charge < -0.3 is 9.80 Å². The molecule has 0 spiro atoms. The highest BCUT2D eigenvalue weighted by Gasteiger charge is 2.08. The lowest BCUT2D eigenvalue weighted by atomic mass is 10.5. The Morgan fingerprint density at radius 2 is 2.08 bits per heavy atom. The number of nitrogens with zero attached hydrogens (tertiary/aromatic N) is 4. The van der Waals surface area contributed by atoms with E-state index in [2.05, 4.69) is 9.97 Å². The van der Waals surface area contributed by atoms with Crippen LogP contribution in [0.2, 0.25) is 0 Å². The van der Waals surface area contributed by atoms with Crippen LogP contribution in [0.15, 0.2) is 18.6 Å². The van der Waals surface area contributed by atoms with Crippen LogP contribution in [-0.4, -0.2) is 41.1 Å². The minimum Gasteiger partial charge on any atom is -0.355 e. The van der Waals surface area contributed by atoms with Gasteiger partial charge >= 0.3 is 0 Å². The Bertz CT molecular complexity index is 285. The Hall–Kier alpha value is -1.23. The van der Waals surface area contributed by atoms with Crippen molar-refractivity contribution in [1.82, 2.24) is 14.9 Å². The van der Waals surface area contributed by atoms with Crippen LogP contribution in [0.3, 0.4) is 0 Å². The van der Waals surface area contributed by atoms with Gasteiger partial charge in [-0.3, -0.25) is 0 Å². The van der Waals surface area contributed by atoms with Crippen molar-refractivity contribution < 1.29 is 0 Å². The summed E-state index contributed by atoms with van der Waals surface area (Å²) in [5.41, 5.74) is 0. The van der Waals surface area contributed by atoms with Gasteiger partial charge in [0, 0.05) is 27.3 Å². The fourth-order valence-electron chi connectivity index (χ4n) is 0.880. The molecule has 0 aromatic carbocycles. The van der Waals surface area contributed by atoms with Crippen LogP contribution in [0.4, 0.5) is 5.82 Å². The van der Waals surface area contributed by atoms with Crippen molar-refractivity contribution in [3.8, 4) is 0 Å². The summed E-state index contributed by atoms with van der Waals surface area (Å²) in [6.07, 6.45) is 3.20. The second-order valence-electron chi connectivity index (χ2n) is 2.80. The predicted octanol–water partition coefficient (Wildman–Crippen LogP) is 0.759. The highest BCUT2D eigenvalue weighted by atomic mass is 32.1. The molecule has 70 valence electrons. The first-order chi connectivity index (χ1) is 6.13. The topological polar surface area (TPSA) is 32.3 Å². The van der Waals surface area contributed by atoms with Gasteiger partial charge in [0.05, 0.1) is 0 Å². The van der Waals surface area contributed by atoms with Gasteiger partial charge in [0.1, 0.15) is 12.1 Å². The summed E-state index contributed by atoms with van der Waals surface area (Å²) in [4.78, 5) is 11.6. The van der Waals surface area contributed by atoms with Crippen molar-refractivity contribution in [3.63, 3.8) is 0 Å². The predicted molar refractivity (Wildman–Crippen MR) is 56.7 cm³/mol. The van der Waals surface area contributed by atoms with Gasteiger partial charge in [-0.25, -0.2) is 9.97 Å². The van der Waals surface area contributed by atoms with Crippen molar-refractivity contribution in [2.24, 2.45) is 0 Å². The molecule has 0 aliphatic heterocycles. The number of anilines is 1. The zero-order valence-electron chi connectivity index (χ0n) is 7.93. The molecule has 1 rings (SSSR count). The van der Waals surface area contributed by atoms with Gasteiger partial charge in [-0.2, -0.15) is 0 Å². The lowest BCUT2D eigenvalue weighted by Gasteiger charge is -2.23. The van der Waals surface area contributed by atoms with E-state index in [1.165, 1.54) is 6.33 Å². The molecular formula is C8H12N4S. The number of rotatable bonds is 1. The van der Waals surface area contributed by atoms with Crippen LogP contribution >= 0.6 is 12.2 Å². The molecule has 0 fully saturated rings. The summed E-state index contributed by atoms with van der Waals surface area (Å²) < 4.78 is 0. The van der Waals surface area contributed by atoms with Crippen molar-refractivity contribution in [2.45, 2.75) is 0 Å². The van der Waals surface area contributed by atoms with E-state index in [-0.39, 0.29) is 0 Å². The van der Waals surface area contributed by atoms with Crippen LogP contribution in [0.1, 0.15) is 0 Å². The Morgan fingerprint density at radius 3 is 2.54 bits per heavy atom. The lowest BCUT2D eigenvalue weighted by molar-refractivity contribution is 0.622. The van der Waals surface area contributed by atoms with E-state index in [0.717, 1.165) is 10.9 Å². The highest BCUT2D eigenvalue weighted by Crippen LogP contribution is 2.07. The second kappa shape index (κ2) is 4.13. The van der Waals surface area contributed by atoms with E-state index < -0.39 is 0 Å². The van der Waals surface area contributed by atoms with E-state index in [9.17, 15) is 0 Å². The Labute approximate surface area is 83.2 Å². The number of aromatic nitrogens is 2. The largest absolute Gasteiger partial charge is 0.355 e. The summed E-state index contributed by atoms with van der Waals surface area (Å²) >= 11 is 5.17. The molecule has 1 heterocycles. The smallest absolute Gasteiger partial charge is 0.176 e. The van der Waals surface area contributed by atoms with Crippen molar-refractivity contribution in [2.75, 3.05) is 26.0 Å². The summed E-state index contributed by atoms with van der Waals surface area (Å²) in [7, 11) is 5.69. The molecule has 0 aliphatic carbocycles. The Morgan fingerprint density at radius 1 is 1.38 bits per heavy atom. The first-order valence-electron chi connectivity index (χ1n) is 3.84. The molecule has 0 unspecified atom stereocenters. The molecule has 0 saturated carbocycles. The highest BCUT2D eigenvalue weighted by molar-refractivity contribution is 7.80. The van der Waals surface area contributed by atoms with Gasteiger partial charge in [0.25, 0.3) is 0 Å². The van der Waals surface area contributed by atoms with Crippen LogP contribution in [0, 0.1) is 0 Å². The third-order valence-electron chi connectivity index (χ3n) is 1.58. The fraction of sp³-hybridized carbons (Fsp3) is 0.375. The molecule has 0 saturated heterocycles. The molecule has 13 heavy (non-hydrogen) atoms. The average molecular weight is 196 g/mol. The maximum Gasteiger partial charge on any atom is 0.176 e. The normalized spacial score (nSPS) is 9.46. The zero-order chi connectivity index (χ0) is 9.84. The summed E-state index contributed by atoms with van der Waals surface area (Å²) in [5, 5.41) is 0.721. The molecule has 0 bridgehead atoms. The molecule has 0 atom stereocenters. The fourth-order valence-corrected chi connectivity index (χ4v) is 0.974. The second-order valence-corrected chi connectivity index (χ2v) is 3.17. The average Bonchev–Trinajstić information content (AvgIpc) is 2.17. The zero-order valence-corrected chi connectivity index (χ0v) is 8.75. The minimum atomic E-state index is 0.721. The Balaban J connectivity index is 2.80. The van der Waals surface area contributed by atoms with Crippen LogP contribution in [0.25, 0.3) is 0 Å². The maximum absolute atomic E-state index is 5.17. The monoisotopic (exact) mass is 196 g/mol. The standard InChI is InChI=1S/C8H12N4S/c1-11(2)8(13)12(3)7-4-5-9-6-10-7/h4-6H,1-3H3. The Kier molecular flexibility index (Phi) is 3.13. The summed E-state index contributed by atoms with van der Waals surface area (Å²) in [5.74, 6) is 0.800. The summed E-state index contributed by atoms with van der Waals surface area (Å²) in [6.45, 7) is 0. The van der Waals surface area contributed by atoms with Gasteiger partial charge in [-0.1, -0.05) is 0 Å². The van der Waals surface area contributed by atoms with Crippen LogP contribution in [-0.2, 0) is 0 Å². The third-order valence-corrected chi connectivity index (χ3v) is 2.22. The van der Waals surface area contributed by atoms with E-state index >= 15 is 0 Å². The minimum absolute atomic E-state index is 0.721. The molecular weight excluding hydrogens is 184 g/mol. The van der Waals surface area contributed by atoms with E-state index in [0.29, 0.717) is 0 Å². The van der Waals surface area contributed by atoms with Gasteiger partial charge in [-0.05, 0) is 18.3 Å². The number of thiocarbonyl (C=S) groups is 1. The summed E-state index contributed by atoms with van der Waals surface area (Å²) in [6, 6.07) is 1.82. The number of hydrogen-bond donors (Lipinski definition) is 0. The lowest BCUT2D eigenvalue weighted by Crippen LogP contribution is -2.36. The maximum atomic E-state index is 5.17. The van der Waals surface area contributed by atoms with Crippen molar-refractivity contribution >= 4 is 23.1 Å². The molecule has 4 nitrogen and oxygen atoms in total. The van der Waals surface area contributed by atoms with Crippen LogP contribution in [0.5, 0.6) is 0 Å². The molecule has 0 radical (unpaired) electrons. The van der Waals surface area contributed by atoms with E-state index in [1.54, 1.807) is 6.20 Å². The van der Waals surface area contributed by atoms with Crippen molar-refractivity contribution in [1.29, 1.82) is 0 Å². The van der Waals surface area contributed by atoms with E-state index in [1.807, 2.05) is 37.0 Å². The first kappa shape index (κ1) is 9.85. The molecule has 1 aromatic rings. The van der Waals surface area contributed by atoms with E-state index in [4.69, 9.17) is 12.2 Å². The third kappa shape index (κ3) is 2.35. The quantitative estimate of drug-likeness (QED) is 0.619.